The van der Waals surface area contributed by atoms with E-state index in [2.05, 4.69) is 171 Å². The Labute approximate surface area is 258 Å². The lowest BCUT2D eigenvalue weighted by molar-refractivity contribution is 0.955. The molecule has 0 saturated heterocycles. The van der Waals surface area contributed by atoms with Crippen LogP contribution in [-0.4, -0.2) is 18.7 Å². The van der Waals surface area contributed by atoms with Gasteiger partial charge in [-0.25, -0.2) is 4.98 Å². The molecule has 0 amide bonds. The lowest BCUT2D eigenvalue weighted by Crippen LogP contribution is -2.06. The van der Waals surface area contributed by atoms with E-state index in [1.165, 1.54) is 43.4 Å². The van der Waals surface area contributed by atoms with Crippen molar-refractivity contribution in [3.63, 3.8) is 0 Å². The summed E-state index contributed by atoms with van der Waals surface area (Å²) in [6.07, 6.45) is 0. The molecule has 10 aromatic rings. The molecule has 45 heavy (non-hydrogen) atoms. The predicted octanol–water partition coefficient (Wildman–Crippen LogP) is 10.4. The molecule has 10 rings (SSSR count). The van der Waals surface area contributed by atoms with Crippen molar-refractivity contribution in [1.82, 2.24) is 18.7 Å². The largest absolute Gasteiger partial charge is 0.307 e. The van der Waals surface area contributed by atoms with Crippen molar-refractivity contribution in [2.24, 2.45) is 0 Å². The normalized spacial score (nSPS) is 12.0. The van der Waals surface area contributed by atoms with E-state index in [0.29, 0.717) is 0 Å². The van der Waals surface area contributed by atoms with Gasteiger partial charge in [0, 0.05) is 32.9 Å². The molecule has 0 radical (unpaired) electrons. The Morgan fingerprint density at radius 2 is 0.911 bits per heavy atom. The molecule has 4 heteroatoms. The van der Waals surface area contributed by atoms with Gasteiger partial charge in [0.05, 0.1) is 33.1 Å². The Morgan fingerprint density at radius 1 is 0.356 bits per heavy atom. The van der Waals surface area contributed by atoms with Crippen LogP contribution in [0, 0.1) is 0 Å². The van der Waals surface area contributed by atoms with Gasteiger partial charge in [0.15, 0.2) is 0 Å². The van der Waals surface area contributed by atoms with E-state index in [1.54, 1.807) is 0 Å². The van der Waals surface area contributed by atoms with Gasteiger partial charge in [-0.3, -0.25) is 9.13 Å². The van der Waals surface area contributed by atoms with Gasteiger partial charge in [0.2, 0.25) is 5.95 Å². The molecule has 0 saturated carbocycles. The quantitative estimate of drug-likeness (QED) is 0.206. The third-order valence-electron chi connectivity index (χ3n) is 9.20. The Kier molecular flexibility index (Phi) is 4.96. The third kappa shape index (κ3) is 3.39. The number of hydrogen-bond donors (Lipinski definition) is 0. The van der Waals surface area contributed by atoms with Crippen LogP contribution in [0.5, 0.6) is 0 Å². The van der Waals surface area contributed by atoms with Gasteiger partial charge in [-0.15, -0.1) is 0 Å². The molecular formula is C41H26N4. The third-order valence-corrected chi connectivity index (χ3v) is 9.20. The summed E-state index contributed by atoms with van der Waals surface area (Å²) in [5.41, 5.74) is 8.88. The molecule has 0 fully saturated rings. The second-order valence-electron chi connectivity index (χ2n) is 11.7. The van der Waals surface area contributed by atoms with E-state index in [4.69, 9.17) is 4.98 Å². The maximum absolute atomic E-state index is 5.36. The van der Waals surface area contributed by atoms with Crippen molar-refractivity contribution in [3.05, 3.63) is 158 Å². The Hall–Kier alpha value is -6.13. The van der Waals surface area contributed by atoms with Crippen LogP contribution in [0.15, 0.2) is 158 Å². The monoisotopic (exact) mass is 574 g/mol. The lowest BCUT2D eigenvalue weighted by atomic mass is 10.1. The van der Waals surface area contributed by atoms with E-state index in [0.717, 1.165) is 39.4 Å². The minimum absolute atomic E-state index is 0.871. The molecule has 0 aliphatic carbocycles. The first-order valence-corrected chi connectivity index (χ1v) is 15.3. The minimum atomic E-state index is 0.871. The molecule has 0 spiro atoms. The van der Waals surface area contributed by atoms with Crippen LogP contribution in [0.1, 0.15) is 0 Å². The number of benzene rings is 7. The van der Waals surface area contributed by atoms with Crippen molar-refractivity contribution in [1.29, 1.82) is 0 Å². The Balaban J connectivity index is 1.47. The molecule has 0 aliphatic rings. The van der Waals surface area contributed by atoms with Gasteiger partial charge in [0.1, 0.15) is 0 Å². The molecule has 3 heterocycles. The van der Waals surface area contributed by atoms with Crippen molar-refractivity contribution in [2.45, 2.75) is 0 Å². The first-order valence-electron chi connectivity index (χ1n) is 15.3. The highest BCUT2D eigenvalue weighted by molar-refractivity contribution is 6.25. The lowest BCUT2D eigenvalue weighted by Gasteiger charge is -2.14. The molecule has 0 aliphatic heterocycles. The fraction of sp³-hybridized carbons (Fsp3) is 0. The summed E-state index contributed by atoms with van der Waals surface area (Å²) in [5.74, 6) is 0.871. The van der Waals surface area contributed by atoms with Crippen LogP contribution in [0.2, 0.25) is 0 Å². The van der Waals surface area contributed by atoms with Gasteiger partial charge >= 0.3 is 0 Å². The number of aromatic nitrogens is 4. The minimum Gasteiger partial charge on any atom is -0.307 e. The summed E-state index contributed by atoms with van der Waals surface area (Å²) in [6.45, 7) is 0. The van der Waals surface area contributed by atoms with Crippen molar-refractivity contribution >= 4 is 65.4 Å². The van der Waals surface area contributed by atoms with Crippen LogP contribution in [0.3, 0.4) is 0 Å². The van der Waals surface area contributed by atoms with Crippen LogP contribution in [-0.2, 0) is 0 Å². The van der Waals surface area contributed by atoms with E-state index in [9.17, 15) is 0 Å². The summed E-state index contributed by atoms with van der Waals surface area (Å²) in [4.78, 5) is 5.36. The maximum Gasteiger partial charge on any atom is 0.220 e. The fourth-order valence-corrected chi connectivity index (χ4v) is 7.28. The highest BCUT2D eigenvalue weighted by Crippen LogP contribution is 2.43. The fourth-order valence-electron chi connectivity index (χ4n) is 7.28. The van der Waals surface area contributed by atoms with Crippen molar-refractivity contribution in [3.8, 4) is 17.3 Å². The van der Waals surface area contributed by atoms with Crippen LogP contribution in [0.25, 0.3) is 82.7 Å². The van der Waals surface area contributed by atoms with E-state index < -0.39 is 0 Å². The van der Waals surface area contributed by atoms with Crippen molar-refractivity contribution < 1.29 is 0 Å². The number of para-hydroxylation sites is 5. The first-order chi connectivity index (χ1) is 22.3. The molecule has 0 N–H and O–H groups in total. The predicted molar refractivity (Wildman–Crippen MR) is 187 cm³/mol. The molecule has 7 aromatic carbocycles. The second-order valence-corrected chi connectivity index (χ2v) is 11.7. The average Bonchev–Trinajstić information content (AvgIpc) is 3.75. The van der Waals surface area contributed by atoms with Gasteiger partial charge < -0.3 is 4.57 Å². The number of fused-ring (bicyclic) bond motifs is 9. The molecule has 210 valence electrons. The van der Waals surface area contributed by atoms with Gasteiger partial charge in [-0.2, -0.15) is 0 Å². The van der Waals surface area contributed by atoms with Crippen LogP contribution >= 0.6 is 0 Å². The molecule has 0 atom stereocenters. The zero-order chi connectivity index (χ0) is 29.5. The molecule has 4 nitrogen and oxygen atoms in total. The molecule has 0 bridgehead atoms. The van der Waals surface area contributed by atoms with Crippen LogP contribution < -0.4 is 0 Å². The van der Waals surface area contributed by atoms with Gasteiger partial charge in [-0.05, 0) is 65.4 Å². The Bertz CT molecular complexity index is 2750. The second kappa shape index (κ2) is 9.18. The van der Waals surface area contributed by atoms with Crippen molar-refractivity contribution in [2.75, 3.05) is 0 Å². The SMILES string of the molecule is c1ccc(-n2c(-n3c4ccccc4c4ccc5c6cc7ccccc7cc6n(-c6ccccc6)c5c43)nc3ccccc32)cc1. The number of nitrogens with zero attached hydrogens (tertiary/aromatic N) is 4. The zero-order valence-corrected chi connectivity index (χ0v) is 24.3. The zero-order valence-electron chi connectivity index (χ0n) is 24.3. The molecule has 0 unspecified atom stereocenters. The summed E-state index contributed by atoms with van der Waals surface area (Å²) >= 11 is 0. The van der Waals surface area contributed by atoms with Gasteiger partial charge in [-0.1, -0.05) is 103 Å². The van der Waals surface area contributed by atoms with E-state index >= 15 is 0 Å². The molecular weight excluding hydrogens is 548 g/mol. The number of rotatable bonds is 3. The van der Waals surface area contributed by atoms with Crippen LogP contribution in [0.4, 0.5) is 0 Å². The average molecular weight is 575 g/mol. The highest BCUT2D eigenvalue weighted by Gasteiger charge is 2.24. The maximum atomic E-state index is 5.36. The van der Waals surface area contributed by atoms with E-state index in [-0.39, 0.29) is 0 Å². The highest BCUT2D eigenvalue weighted by atomic mass is 15.3. The van der Waals surface area contributed by atoms with Gasteiger partial charge in [0.25, 0.3) is 0 Å². The standard InChI is InChI=1S/C41H26N4/c1-3-15-29(16-4-1)43-38-26-28-14-8-7-13-27(28)25-34(38)33-24-23-32-31-19-9-11-21-36(31)45(40(32)39(33)43)41-42-35-20-10-12-22-37(35)44(41)30-17-5-2-6-18-30/h1-26H. The summed E-state index contributed by atoms with van der Waals surface area (Å²) < 4.78 is 7.13. The number of imidazole rings is 1. The smallest absolute Gasteiger partial charge is 0.220 e. The van der Waals surface area contributed by atoms with E-state index in [1.807, 2.05) is 0 Å². The number of hydrogen-bond acceptors (Lipinski definition) is 1. The summed E-state index contributed by atoms with van der Waals surface area (Å²) in [6, 6.07) is 56.4. The topological polar surface area (TPSA) is 27.7 Å². The first kappa shape index (κ1) is 24.3. The molecule has 3 aromatic heterocycles. The Morgan fingerprint density at radius 3 is 1.67 bits per heavy atom. The summed E-state index contributed by atoms with van der Waals surface area (Å²) in [5, 5.41) is 7.34. The summed E-state index contributed by atoms with van der Waals surface area (Å²) in [7, 11) is 0.